The van der Waals surface area contributed by atoms with Gasteiger partial charge in [0, 0.05) is 18.2 Å². The maximum atomic E-state index is 15.9. The van der Waals surface area contributed by atoms with Crippen molar-refractivity contribution in [1.29, 1.82) is 0 Å². The molecule has 5 aromatic rings. The molecule has 6 unspecified atom stereocenters. The third-order valence-corrected chi connectivity index (χ3v) is 11.4. The van der Waals surface area contributed by atoms with Gasteiger partial charge in [-0.2, -0.15) is 0 Å². The summed E-state index contributed by atoms with van der Waals surface area (Å²) >= 11 is 0. The SMILES string of the molecule is COCCOC(=O)N1C(=O)C2(c3cc(C#Cc4ccc(OC)cc4)ccc31)C(C(N)=O)C1C(=O)OC(c3ccccc3)C(c3ccccc3)N1C2c1cccc(OCCO)c1. The minimum atomic E-state index is -2.06. The van der Waals surface area contributed by atoms with Crippen molar-refractivity contribution in [3.8, 4) is 23.3 Å². The van der Waals surface area contributed by atoms with Crippen molar-refractivity contribution in [3.63, 3.8) is 0 Å². The Morgan fingerprint density at radius 2 is 1.43 bits per heavy atom. The van der Waals surface area contributed by atoms with Crippen LogP contribution in [0.5, 0.6) is 11.5 Å². The van der Waals surface area contributed by atoms with E-state index in [0.29, 0.717) is 33.8 Å². The Labute approximate surface area is 352 Å². The van der Waals surface area contributed by atoms with Crippen LogP contribution >= 0.6 is 0 Å². The maximum Gasteiger partial charge on any atom is 0.421 e. The topological polar surface area (TPSA) is 167 Å². The molecule has 2 saturated heterocycles. The highest BCUT2D eigenvalue weighted by Crippen LogP contribution is 2.66. The molecule has 3 heterocycles. The van der Waals surface area contributed by atoms with Crippen LogP contribution in [0.25, 0.3) is 0 Å². The second-order valence-corrected chi connectivity index (χ2v) is 14.8. The number of aliphatic hydroxyl groups excluding tert-OH is 1. The standard InChI is InChI=1S/C48H43N3O10/c1-57-26-27-60-47(56)50-38-23-20-31(17-16-30-18-21-35(58-2)22-19-30)28-37(38)48(46(50)55)39(44(49)53)41-45(54)61-42(33-12-7-4-8-13-33)40(32-10-5-3-6-11-32)51(41)43(48)34-14-9-15-36(29-34)59-25-24-52/h3-15,18-23,28-29,39-43,52H,24-27H2,1-2H3,(H2,49,53). The number of imide groups is 1. The predicted octanol–water partition coefficient (Wildman–Crippen LogP) is 5.40. The summed E-state index contributed by atoms with van der Waals surface area (Å²) in [5.41, 5.74) is 7.78. The number of nitrogens with two attached hydrogens (primary N) is 1. The molecular weight excluding hydrogens is 779 g/mol. The molecule has 2 fully saturated rings. The molecular formula is C48H43N3O10. The molecule has 6 atom stereocenters. The predicted molar refractivity (Wildman–Crippen MR) is 222 cm³/mol. The second kappa shape index (κ2) is 17.3. The van der Waals surface area contributed by atoms with Crippen molar-refractivity contribution >= 4 is 29.6 Å². The Bertz CT molecular complexity index is 2500. The highest BCUT2D eigenvalue weighted by atomic mass is 16.6. The minimum Gasteiger partial charge on any atom is -0.497 e. The largest absolute Gasteiger partial charge is 0.497 e. The third kappa shape index (κ3) is 7.24. The monoisotopic (exact) mass is 821 g/mol. The fourth-order valence-electron chi connectivity index (χ4n) is 9.03. The Kier molecular flexibility index (Phi) is 11.6. The van der Waals surface area contributed by atoms with Gasteiger partial charge in [-0.05, 0) is 76.9 Å². The lowest BCUT2D eigenvalue weighted by atomic mass is 9.65. The lowest BCUT2D eigenvalue weighted by Gasteiger charge is -2.46. The van der Waals surface area contributed by atoms with Gasteiger partial charge in [0.05, 0.1) is 44.0 Å². The van der Waals surface area contributed by atoms with Crippen molar-refractivity contribution in [3.05, 3.63) is 161 Å². The fraction of sp³-hybridized carbons (Fsp3) is 0.250. The molecule has 5 aromatic carbocycles. The number of primary amides is 1. The molecule has 8 rings (SSSR count). The van der Waals surface area contributed by atoms with Crippen LogP contribution in [0.2, 0.25) is 0 Å². The van der Waals surface area contributed by atoms with E-state index in [9.17, 15) is 19.5 Å². The Hall–Kier alpha value is -6.98. The summed E-state index contributed by atoms with van der Waals surface area (Å²) in [7, 11) is 3.02. The van der Waals surface area contributed by atoms with Crippen LogP contribution in [-0.2, 0) is 34.0 Å². The Morgan fingerprint density at radius 3 is 2.10 bits per heavy atom. The number of esters is 1. The molecule has 0 radical (unpaired) electrons. The van der Waals surface area contributed by atoms with Crippen LogP contribution < -0.4 is 20.1 Å². The molecule has 13 nitrogen and oxygen atoms in total. The van der Waals surface area contributed by atoms with Crippen LogP contribution in [0.1, 0.15) is 51.6 Å². The van der Waals surface area contributed by atoms with Crippen LogP contribution in [0, 0.1) is 17.8 Å². The molecule has 3 amide bonds. The van der Waals surface area contributed by atoms with Gasteiger partial charge in [-0.25, -0.2) is 9.69 Å². The number of amides is 3. The number of hydrogen-bond acceptors (Lipinski definition) is 11. The first-order valence-corrected chi connectivity index (χ1v) is 19.7. The summed E-state index contributed by atoms with van der Waals surface area (Å²) < 4.78 is 28.3. The molecule has 61 heavy (non-hydrogen) atoms. The van der Waals surface area contributed by atoms with Crippen molar-refractivity contribution in [2.24, 2.45) is 11.7 Å². The lowest BCUT2D eigenvalue weighted by Crippen LogP contribution is -2.55. The third-order valence-electron chi connectivity index (χ3n) is 11.4. The van der Waals surface area contributed by atoms with E-state index in [1.54, 1.807) is 73.8 Å². The average Bonchev–Trinajstić information content (AvgIpc) is 3.75. The summed E-state index contributed by atoms with van der Waals surface area (Å²) in [5.74, 6) is 3.20. The van der Waals surface area contributed by atoms with E-state index in [-0.39, 0.29) is 37.7 Å². The Morgan fingerprint density at radius 1 is 0.754 bits per heavy atom. The van der Waals surface area contributed by atoms with Gasteiger partial charge in [-0.3, -0.25) is 19.3 Å². The molecule has 1 spiro atoms. The van der Waals surface area contributed by atoms with Crippen LogP contribution in [0.3, 0.4) is 0 Å². The number of ether oxygens (including phenoxy) is 5. The van der Waals surface area contributed by atoms with Crippen LogP contribution in [0.15, 0.2) is 127 Å². The first-order valence-electron chi connectivity index (χ1n) is 19.7. The molecule has 0 bridgehead atoms. The summed E-state index contributed by atoms with van der Waals surface area (Å²) in [4.78, 5) is 62.2. The van der Waals surface area contributed by atoms with Gasteiger partial charge >= 0.3 is 12.1 Å². The van der Waals surface area contributed by atoms with E-state index in [4.69, 9.17) is 29.4 Å². The van der Waals surface area contributed by atoms with Crippen molar-refractivity contribution < 1.29 is 48.0 Å². The molecule has 310 valence electrons. The average molecular weight is 822 g/mol. The van der Waals surface area contributed by atoms with E-state index in [1.807, 2.05) is 65.6 Å². The van der Waals surface area contributed by atoms with E-state index in [2.05, 4.69) is 11.8 Å². The van der Waals surface area contributed by atoms with Crippen LogP contribution in [-0.4, -0.2) is 80.6 Å². The van der Waals surface area contributed by atoms with Crippen molar-refractivity contribution in [2.45, 2.75) is 29.6 Å². The van der Waals surface area contributed by atoms with E-state index in [0.717, 1.165) is 10.5 Å². The molecule has 3 aliphatic heterocycles. The van der Waals surface area contributed by atoms with E-state index in [1.165, 1.54) is 7.11 Å². The number of morpholine rings is 1. The number of methoxy groups -OCH3 is 2. The zero-order valence-electron chi connectivity index (χ0n) is 33.4. The quantitative estimate of drug-likeness (QED) is 0.0996. The van der Waals surface area contributed by atoms with Crippen LogP contribution in [0.4, 0.5) is 10.5 Å². The normalized spacial score (nSPS) is 22.7. The zero-order chi connectivity index (χ0) is 42.7. The van der Waals surface area contributed by atoms with E-state index < -0.39 is 59.4 Å². The first-order chi connectivity index (χ1) is 29.7. The van der Waals surface area contributed by atoms with Gasteiger partial charge < -0.3 is 34.5 Å². The molecule has 3 N–H and O–H groups in total. The van der Waals surface area contributed by atoms with Gasteiger partial charge in [0.1, 0.15) is 42.3 Å². The second-order valence-electron chi connectivity index (χ2n) is 14.8. The first kappa shape index (κ1) is 40.8. The number of anilines is 1. The van der Waals surface area contributed by atoms with Gasteiger partial charge in [0.25, 0.3) is 0 Å². The van der Waals surface area contributed by atoms with Crippen molar-refractivity contribution in [2.75, 3.05) is 45.5 Å². The number of nitrogens with zero attached hydrogens (tertiary/aromatic N) is 2. The molecule has 0 aromatic heterocycles. The zero-order valence-corrected chi connectivity index (χ0v) is 33.4. The summed E-state index contributed by atoms with van der Waals surface area (Å²) in [6.45, 7) is -0.401. The number of benzene rings is 5. The summed E-state index contributed by atoms with van der Waals surface area (Å²) in [6.07, 6.45) is -1.92. The Balaban J connectivity index is 1.42. The summed E-state index contributed by atoms with van der Waals surface area (Å²) in [6, 6.07) is 34.3. The highest BCUT2D eigenvalue weighted by molar-refractivity contribution is 6.23. The number of carbonyl (C=O) groups is 4. The van der Waals surface area contributed by atoms with Gasteiger partial charge in [-0.15, -0.1) is 0 Å². The molecule has 13 heteroatoms. The van der Waals surface area contributed by atoms with Gasteiger partial charge in [0.15, 0.2) is 0 Å². The number of hydrogen-bond donors (Lipinski definition) is 2. The number of aliphatic hydroxyl groups is 1. The highest BCUT2D eigenvalue weighted by Gasteiger charge is 2.75. The molecule has 0 aliphatic carbocycles. The van der Waals surface area contributed by atoms with Crippen molar-refractivity contribution in [1.82, 2.24) is 4.90 Å². The maximum absolute atomic E-state index is 15.9. The minimum absolute atomic E-state index is 0.0242. The number of carbonyl (C=O) groups excluding carboxylic acids is 4. The lowest BCUT2D eigenvalue weighted by molar-refractivity contribution is -0.178. The van der Waals surface area contributed by atoms with Gasteiger partial charge in [0.2, 0.25) is 11.8 Å². The molecule has 0 saturated carbocycles. The summed E-state index contributed by atoms with van der Waals surface area (Å²) in [5, 5.41) is 9.67. The number of cyclic esters (lactones) is 1. The van der Waals surface area contributed by atoms with Gasteiger partial charge in [-0.1, -0.05) is 84.6 Å². The number of fused-ring (bicyclic) bond motifs is 3. The smallest absolute Gasteiger partial charge is 0.421 e. The fourth-order valence-corrected chi connectivity index (χ4v) is 9.03. The number of rotatable bonds is 11. The molecule has 3 aliphatic rings. The van der Waals surface area contributed by atoms with E-state index >= 15 is 4.79 Å².